The fourth-order valence-corrected chi connectivity index (χ4v) is 2.23. The average molecular weight is 324 g/mol. The minimum atomic E-state index is -0.476. The lowest BCUT2D eigenvalue weighted by Gasteiger charge is -2.06. The van der Waals surface area contributed by atoms with Gasteiger partial charge in [0.2, 0.25) is 9.47 Å². The summed E-state index contributed by atoms with van der Waals surface area (Å²) in [6.45, 7) is 1.70. The molecule has 18 heavy (non-hydrogen) atoms. The van der Waals surface area contributed by atoms with Gasteiger partial charge in [0.15, 0.2) is 5.82 Å². The third-order valence-electron chi connectivity index (χ3n) is 1.93. The smallest absolute Gasteiger partial charge is 0.287 e. The maximum absolute atomic E-state index is 11.8. The largest absolute Gasteiger partial charge is 0.303 e. The van der Waals surface area contributed by atoms with Gasteiger partial charge in [0.05, 0.1) is 15.7 Å². The van der Waals surface area contributed by atoms with Crippen LogP contribution in [0.1, 0.15) is 15.5 Å². The molecular weight excluding hydrogens is 319 g/mol. The number of carbonyl (C=O) groups is 1. The molecule has 0 fully saturated rings. The van der Waals surface area contributed by atoms with Crippen molar-refractivity contribution in [2.75, 3.05) is 5.32 Å². The molecule has 0 aromatic carbocycles. The van der Waals surface area contributed by atoms with Gasteiger partial charge in [0, 0.05) is 0 Å². The van der Waals surface area contributed by atoms with Crippen molar-refractivity contribution in [2.24, 2.45) is 0 Å². The number of nitrogens with zero attached hydrogens (tertiary/aromatic N) is 3. The van der Waals surface area contributed by atoms with Gasteiger partial charge in [0.25, 0.3) is 5.91 Å². The molecule has 2 aromatic rings. The summed E-state index contributed by atoms with van der Waals surface area (Å²) in [5.74, 6) is -0.259. The summed E-state index contributed by atoms with van der Waals surface area (Å²) >= 11 is 18.3. The highest BCUT2D eigenvalue weighted by atomic mass is 35.5. The number of halogens is 3. The third kappa shape index (κ3) is 2.89. The Morgan fingerprint density at radius 2 is 2.00 bits per heavy atom. The molecule has 5 nitrogen and oxygen atoms in total. The van der Waals surface area contributed by atoms with Gasteiger partial charge >= 0.3 is 0 Å². The lowest BCUT2D eigenvalue weighted by Crippen LogP contribution is -2.13. The van der Waals surface area contributed by atoms with E-state index < -0.39 is 5.91 Å². The molecule has 94 valence electrons. The van der Waals surface area contributed by atoms with Gasteiger partial charge < -0.3 is 5.32 Å². The van der Waals surface area contributed by atoms with Gasteiger partial charge in [-0.1, -0.05) is 34.5 Å². The molecule has 0 unspecified atom stereocenters. The van der Waals surface area contributed by atoms with Crippen molar-refractivity contribution in [1.29, 1.82) is 0 Å². The topological polar surface area (TPSA) is 67.8 Å². The predicted molar refractivity (Wildman–Crippen MR) is 71.9 cm³/mol. The highest BCUT2D eigenvalue weighted by molar-refractivity contribution is 7.17. The Morgan fingerprint density at radius 3 is 2.61 bits per heavy atom. The fourth-order valence-electron chi connectivity index (χ4n) is 1.10. The molecule has 0 atom stereocenters. The SMILES string of the molecule is Cc1nc(NC(=O)c2nnc(Cl)s2)c(Cl)cc1Cl. The molecule has 0 saturated heterocycles. The van der Waals surface area contributed by atoms with Crippen LogP contribution >= 0.6 is 46.1 Å². The monoisotopic (exact) mass is 322 g/mol. The number of carbonyl (C=O) groups excluding carboxylic acids is 1. The van der Waals surface area contributed by atoms with Crippen molar-refractivity contribution >= 4 is 57.9 Å². The van der Waals surface area contributed by atoms with Crippen molar-refractivity contribution in [2.45, 2.75) is 6.92 Å². The lowest BCUT2D eigenvalue weighted by molar-refractivity contribution is 0.102. The molecule has 0 aliphatic heterocycles. The Balaban J connectivity index is 2.24. The Morgan fingerprint density at radius 1 is 1.28 bits per heavy atom. The van der Waals surface area contributed by atoms with Crippen LogP contribution in [0, 0.1) is 6.92 Å². The Bertz CT molecular complexity index is 616. The first-order valence-corrected chi connectivity index (χ1v) is 6.55. The van der Waals surface area contributed by atoms with Gasteiger partial charge in [0.1, 0.15) is 0 Å². The van der Waals surface area contributed by atoms with E-state index in [1.165, 1.54) is 6.07 Å². The maximum atomic E-state index is 11.8. The van der Waals surface area contributed by atoms with Crippen LogP contribution in [0.2, 0.25) is 14.5 Å². The Hall–Kier alpha value is -0.950. The van der Waals surface area contributed by atoms with E-state index in [4.69, 9.17) is 34.8 Å². The first-order valence-electron chi connectivity index (χ1n) is 4.60. The van der Waals surface area contributed by atoms with Crippen molar-refractivity contribution in [3.63, 3.8) is 0 Å². The molecule has 2 aromatic heterocycles. The highest BCUT2D eigenvalue weighted by Crippen LogP contribution is 2.26. The number of pyridine rings is 1. The number of aromatic nitrogens is 3. The minimum absolute atomic E-state index is 0.130. The summed E-state index contributed by atoms with van der Waals surface area (Å²) in [6, 6.07) is 1.51. The van der Waals surface area contributed by atoms with Crippen LogP contribution in [0.15, 0.2) is 6.07 Å². The average Bonchev–Trinajstić information content (AvgIpc) is 2.73. The molecule has 2 heterocycles. The summed E-state index contributed by atoms with van der Waals surface area (Å²) in [4.78, 5) is 15.9. The molecule has 0 bridgehead atoms. The Kier molecular flexibility index (Phi) is 4.01. The second kappa shape index (κ2) is 5.36. The van der Waals surface area contributed by atoms with E-state index in [-0.39, 0.29) is 20.3 Å². The molecule has 2 rings (SSSR count). The van der Waals surface area contributed by atoms with Crippen LogP contribution in [-0.2, 0) is 0 Å². The van der Waals surface area contributed by atoms with Crippen molar-refractivity contribution in [3.8, 4) is 0 Å². The van der Waals surface area contributed by atoms with E-state index >= 15 is 0 Å². The zero-order valence-electron chi connectivity index (χ0n) is 8.87. The first kappa shape index (κ1) is 13.5. The van der Waals surface area contributed by atoms with Crippen LogP contribution in [0.25, 0.3) is 0 Å². The lowest BCUT2D eigenvalue weighted by atomic mass is 10.3. The van der Waals surface area contributed by atoms with Crippen LogP contribution in [0.4, 0.5) is 5.82 Å². The summed E-state index contributed by atoms with van der Waals surface area (Å²) < 4.78 is 0.187. The zero-order chi connectivity index (χ0) is 13.3. The predicted octanol–water partition coefficient (Wildman–Crippen LogP) is 3.45. The molecule has 0 spiro atoms. The quantitative estimate of drug-likeness (QED) is 0.919. The second-order valence-electron chi connectivity index (χ2n) is 3.20. The number of nitrogens with one attached hydrogen (secondary N) is 1. The number of hydrogen-bond donors (Lipinski definition) is 1. The first-order chi connectivity index (χ1) is 8.47. The normalized spacial score (nSPS) is 10.4. The maximum Gasteiger partial charge on any atom is 0.287 e. The van der Waals surface area contributed by atoms with Gasteiger partial charge in [-0.2, -0.15) is 0 Å². The van der Waals surface area contributed by atoms with Crippen LogP contribution < -0.4 is 5.32 Å². The van der Waals surface area contributed by atoms with E-state index in [9.17, 15) is 4.79 Å². The van der Waals surface area contributed by atoms with E-state index in [0.29, 0.717) is 10.7 Å². The molecule has 0 saturated carbocycles. The number of rotatable bonds is 2. The van der Waals surface area contributed by atoms with E-state index in [1.807, 2.05) is 0 Å². The zero-order valence-corrected chi connectivity index (χ0v) is 12.0. The minimum Gasteiger partial charge on any atom is -0.303 e. The number of hydrogen-bond acceptors (Lipinski definition) is 5. The number of amides is 1. The van der Waals surface area contributed by atoms with E-state index in [1.54, 1.807) is 6.92 Å². The van der Waals surface area contributed by atoms with Crippen LogP contribution in [0.3, 0.4) is 0 Å². The van der Waals surface area contributed by atoms with Crippen LogP contribution in [-0.4, -0.2) is 21.1 Å². The highest BCUT2D eigenvalue weighted by Gasteiger charge is 2.15. The van der Waals surface area contributed by atoms with E-state index in [2.05, 4.69) is 20.5 Å². The number of anilines is 1. The van der Waals surface area contributed by atoms with Crippen molar-refractivity contribution in [3.05, 3.63) is 31.3 Å². The molecule has 1 amide bonds. The van der Waals surface area contributed by atoms with Gasteiger partial charge in [-0.3, -0.25) is 4.79 Å². The number of aryl methyl sites for hydroxylation is 1. The van der Waals surface area contributed by atoms with Gasteiger partial charge in [-0.15, -0.1) is 10.2 Å². The van der Waals surface area contributed by atoms with Gasteiger partial charge in [-0.25, -0.2) is 4.98 Å². The summed E-state index contributed by atoms with van der Waals surface area (Å²) in [5.41, 5.74) is 0.562. The Labute approximate surface area is 121 Å². The molecule has 9 heteroatoms. The standard InChI is InChI=1S/C9H5Cl3N4OS/c1-3-4(10)2-5(11)6(13-3)14-7(17)8-15-16-9(12)18-8/h2H,1H3,(H,13,14,17). The van der Waals surface area contributed by atoms with Crippen molar-refractivity contribution < 1.29 is 4.79 Å². The summed E-state index contributed by atoms with van der Waals surface area (Å²) in [5, 5.41) is 10.5. The fraction of sp³-hybridized carbons (Fsp3) is 0.111. The van der Waals surface area contributed by atoms with E-state index in [0.717, 1.165) is 11.3 Å². The van der Waals surface area contributed by atoms with Gasteiger partial charge in [-0.05, 0) is 24.6 Å². The van der Waals surface area contributed by atoms with Crippen LogP contribution in [0.5, 0.6) is 0 Å². The second-order valence-corrected chi connectivity index (χ2v) is 5.57. The van der Waals surface area contributed by atoms with Crippen molar-refractivity contribution in [1.82, 2.24) is 15.2 Å². The summed E-state index contributed by atoms with van der Waals surface area (Å²) in [7, 11) is 0. The third-order valence-corrected chi connectivity index (χ3v) is 3.62. The summed E-state index contributed by atoms with van der Waals surface area (Å²) in [6.07, 6.45) is 0. The molecule has 0 radical (unpaired) electrons. The molecule has 1 N–H and O–H groups in total. The molecular formula is C9H5Cl3N4OS. The molecule has 0 aliphatic carbocycles. The molecule has 0 aliphatic rings.